The van der Waals surface area contributed by atoms with Crippen LogP contribution in [0.4, 0.5) is 5.69 Å². The van der Waals surface area contributed by atoms with Gasteiger partial charge in [0.25, 0.3) is 0 Å². The van der Waals surface area contributed by atoms with Gasteiger partial charge in [0.1, 0.15) is 0 Å². The predicted molar refractivity (Wildman–Crippen MR) is 62.5 cm³/mol. The van der Waals surface area contributed by atoms with Crippen LogP contribution in [0.5, 0.6) is 0 Å². The summed E-state index contributed by atoms with van der Waals surface area (Å²) in [7, 11) is -2.02. The highest BCUT2D eigenvalue weighted by atomic mass is 32.2. The molecule has 0 aliphatic rings. The van der Waals surface area contributed by atoms with Crippen molar-refractivity contribution >= 4 is 15.4 Å². The number of rotatable bonds is 3. The van der Waals surface area contributed by atoms with Gasteiger partial charge in [-0.3, -0.25) is 0 Å². The van der Waals surface area contributed by atoms with Crippen LogP contribution in [0.25, 0.3) is 0 Å². The molecule has 0 amide bonds. The summed E-state index contributed by atoms with van der Waals surface area (Å²) in [6, 6.07) is 7.80. The zero-order valence-electron chi connectivity index (χ0n) is 8.99. The van der Waals surface area contributed by atoms with E-state index in [1.807, 2.05) is 45.0 Å². The van der Waals surface area contributed by atoms with E-state index in [4.69, 9.17) is 0 Å². The van der Waals surface area contributed by atoms with Crippen molar-refractivity contribution in [1.29, 1.82) is 0 Å². The molecule has 1 rings (SSSR count). The summed E-state index contributed by atoms with van der Waals surface area (Å²) < 4.78 is 16.4. The standard InChI is InChI=1S/C11H17NOS/c1-4-14(13,5-2)12-11-9-7-6-8-10(11)3/h6-9H,4-5H2,1-3H3. The minimum Gasteiger partial charge on any atom is -0.249 e. The summed E-state index contributed by atoms with van der Waals surface area (Å²) in [5.41, 5.74) is 1.95. The Balaban J connectivity index is 3.21. The van der Waals surface area contributed by atoms with Crippen molar-refractivity contribution in [2.24, 2.45) is 4.36 Å². The predicted octanol–water partition coefficient (Wildman–Crippen LogP) is 3.13. The summed E-state index contributed by atoms with van der Waals surface area (Å²) in [5.74, 6) is 1.25. The lowest BCUT2D eigenvalue weighted by Crippen LogP contribution is -2.05. The second-order valence-electron chi connectivity index (χ2n) is 3.23. The average Bonchev–Trinajstić information content (AvgIpc) is 2.21. The number of hydrogen-bond acceptors (Lipinski definition) is 2. The first-order valence-electron chi connectivity index (χ1n) is 4.89. The van der Waals surface area contributed by atoms with Gasteiger partial charge in [0.15, 0.2) is 0 Å². The normalized spacial score (nSPS) is 11.4. The monoisotopic (exact) mass is 211 g/mol. The van der Waals surface area contributed by atoms with Crippen LogP contribution >= 0.6 is 0 Å². The largest absolute Gasteiger partial charge is 0.249 e. The van der Waals surface area contributed by atoms with Crippen LogP contribution < -0.4 is 0 Å². The molecule has 0 saturated heterocycles. The van der Waals surface area contributed by atoms with Crippen molar-refractivity contribution in [2.75, 3.05) is 11.5 Å². The average molecular weight is 211 g/mol. The lowest BCUT2D eigenvalue weighted by Gasteiger charge is -2.05. The van der Waals surface area contributed by atoms with E-state index in [1.165, 1.54) is 0 Å². The number of aryl methyl sites for hydroxylation is 1. The topological polar surface area (TPSA) is 29.4 Å². The van der Waals surface area contributed by atoms with Gasteiger partial charge in [-0.05, 0) is 18.6 Å². The van der Waals surface area contributed by atoms with Gasteiger partial charge in [0, 0.05) is 11.5 Å². The van der Waals surface area contributed by atoms with E-state index in [0.717, 1.165) is 11.3 Å². The van der Waals surface area contributed by atoms with Gasteiger partial charge in [-0.25, -0.2) is 4.21 Å². The van der Waals surface area contributed by atoms with E-state index < -0.39 is 9.73 Å². The van der Waals surface area contributed by atoms with Gasteiger partial charge in [0.05, 0.1) is 15.4 Å². The molecule has 1 aromatic rings. The summed E-state index contributed by atoms with van der Waals surface area (Å²) in [6.45, 7) is 5.84. The fourth-order valence-electron chi connectivity index (χ4n) is 1.18. The molecule has 0 N–H and O–H groups in total. The van der Waals surface area contributed by atoms with E-state index in [9.17, 15) is 4.21 Å². The molecule has 1 aromatic carbocycles. The van der Waals surface area contributed by atoms with E-state index in [-0.39, 0.29) is 0 Å². The minimum absolute atomic E-state index is 0.623. The van der Waals surface area contributed by atoms with E-state index >= 15 is 0 Å². The molecule has 3 heteroatoms. The van der Waals surface area contributed by atoms with Crippen LogP contribution in [0.15, 0.2) is 28.6 Å². The molecule has 0 bridgehead atoms. The third-order valence-electron chi connectivity index (χ3n) is 2.28. The van der Waals surface area contributed by atoms with Crippen LogP contribution in [0.3, 0.4) is 0 Å². The highest BCUT2D eigenvalue weighted by Crippen LogP contribution is 2.19. The SMILES string of the molecule is CCS(=O)(CC)=Nc1ccccc1C. The molecule has 0 radical (unpaired) electrons. The van der Waals surface area contributed by atoms with Gasteiger partial charge >= 0.3 is 0 Å². The number of hydrogen-bond donors (Lipinski definition) is 0. The summed E-state index contributed by atoms with van der Waals surface area (Å²) in [6.07, 6.45) is 0. The summed E-state index contributed by atoms with van der Waals surface area (Å²) in [4.78, 5) is 0. The summed E-state index contributed by atoms with van der Waals surface area (Å²) in [5, 5.41) is 0. The Labute approximate surface area is 86.5 Å². The third-order valence-corrected chi connectivity index (χ3v) is 4.62. The summed E-state index contributed by atoms with van der Waals surface area (Å²) >= 11 is 0. The Hall–Kier alpha value is -0.830. The Morgan fingerprint density at radius 2 is 1.79 bits per heavy atom. The Morgan fingerprint density at radius 1 is 1.21 bits per heavy atom. The van der Waals surface area contributed by atoms with E-state index in [0.29, 0.717) is 11.5 Å². The van der Waals surface area contributed by atoms with Crippen molar-refractivity contribution in [2.45, 2.75) is 20.8 Å². The van der Waals surface area contributed by atoms with Gasteiger partial charge in [-0.1, -0.05) is 32.0 Å². The minimum atomic E-state index is -2.02. The first-order valence-corrected chi connectivity index (χ1v) is 6.74. The highest BCUT2D eigenvalue weighted by Gasteiger charge is 2.03. The van der Waals surface area contributed by atoms with Crippen LogP contribution in [0, 0.1) is 6.92 Å². The fourth-order valence-corrected chi connectivity index (χ4v) is 2.41. The maximum atomic E-state index is 12.1. The lowest BCUT2D eigenvalue weighted by atomic mass is 10.2. The molecule has 2 nitrogen and oxygen atoms in total. The Kier molecular flexibility index (Phi) is 3.69. The molecule has 0 aliphatic carbocycles. The molecule has 0 unspecified atom stereocenters. The Morgan fingerprint density at radius 3 is 2.29 bits per heavy atom. The molecule has 78 valence electrons. The molecule has 0 heterocycles. The van der Waals surface area contributed by atoms with Crippen LogP contribution in [-0.2, 0) is 9.73 Å². The molecule has 0 aliphatic heterocycles. The second-order valence-corrected chi connectivity index (χ2v) is 6.11. The first kappa shape index (κ1) is 11.2. The molecular formula is C11H17NOS. The highest BCUT2D eigenvalue weighted by molar-refractivity contribution is 7.93. The molecule has 0 saturated carbocycles. The second kappa shape index (κ2) is 4.60. The van der Waals surface area contributed by atoms with E-state index in [2.05, 4.69) is 4.36 Å². The quantitative estimate of drug-likeness (QED) is 0.755. The van der Waals surface area contributed by atoms with Crippen molar-refractivity contribution in [1.82, 2.24) is 0 Å². The molecular weight excluding hydrogens is 194 g/mol. The molecule has 0 atom stereocenters. The van der Waals surface area contributed by atoms with Crippen LogP contribution in [0.2, 0.25) is 0 Å². The Bertz CT molecular complexity index is 407. The van der Waals surface area contributed by atoms with Crippen LogP contribution in [-0.4, -0.2) is 15.7 Å². The van der Waals surface area contributed by atoms with Gasteiger partial charge in [0.2, 0.25) is 0 Å². The third kappa shape index (κ3) is 2.58. The van der Waals surface area contributed by atoms with Crippen molar-refractivity contribution in [3.05, 3.63) is 29.8 Å². The van der Waals surface area contributed by atoms with Gasteiger partial charge < -0.3 is 0 Å². The lowest BCUT2D eigenvalue weighted by molar-refractivity contribution is 0.678. The first-order chi connectivity index (χ1) is 6.61. The van der Waals surface area contributed by atoms with Gasteiger partial charge in [-0.2, -0.15) is 4.36 Å². The van der Waals surface area contributed by atoms with Crippen LogP contribution in [0.1, 0.15) is 19.4 Å². The number of nitrogens with zero attached hydrogens (tertiary/aromatic N) is 1. The maximum absolute atomic E-state index is 12.1. The zero-order chi connectivity index (χ0) is 10.6. The molecule has 0 aromatic heterocycles. The molecule has 0 fully saturated rings. The van der Waals surface area contributed by atoms with E-state index in [1.54, 1.807) is 0 Å². The molecule has 14 heavy (non-hydrogen) atoms. The fraction of sp³-hybridized carbons (Fsp3) is 0.455. The molecule has 0 spiro atoms. The van der Waals surface area contributed by atoms with Crippen molar-refractivity contribution < 1.29 is 4.21 Å². The number of benzene rings is 1. The van der Waals surface area contributed by atoms with Crippen molar-refractivity contribution in [3.63, 3.8) is 0 Å². The van der Waals surface area contributed by atoms with Gasteiger partial charge in [-0.15, -0.1) is 0 Å². The smallest absolute Gasteiger partial charge is 0.0759 e. The maximum Gasteiger partial charge on any atom is 0.0759 e. The van der Waals surface area contributed by atoms with Crippen molar-refractivity contribution in [3.8, 4) is 0 Å². The zero-order valence-corrected chi connectivity index (χ0v) is 9.80.